The summed E-state index contributed by atoms with van der Waals surface area (Å²) < 4.78 is 0. The molecule has 0 atom stereocenters. The predicted molar refractivity (Wildman–Crippen MR) is 190 cm³/mol. The van der Waals surface area contributed by atoms with Gasteiger partial charge in [-0.25, -0.2) is 0 Å². The third-order valence-electron chi connectivity index (χ3n) is 9.54. The van der Waals surface area contributed by atoms with Gasteiger partial charge in [0.2, 0.25) is 0 Å². The average Bonchev–Trinajstić information content (AvgIpc) is 3.10. The zero-order chi connectivity index (χ0) is 29.0. The summed E-state index contributed by atoms with van der Waals surface area (Å²) >= 11 is 0. The Bertz CT molecular complexity index is 2370. The van der Waals surface area contributed by atoms with Gasteiger partial charge in [0.05, 0.1) is 0 Å². The highest BCUT2D eigenvalue weighted by atomic mass is 14.2. The van der Waals surface area contributed by atoms with Crippen LogP contribution in [0.4, 0.5) is 0 Å². The molecule has 0 N–H and O–H groups in total. The summed E-state index contributed by atoms with van der Waals surface area (Å²) in [6.45, 7) is 0. The van der Waals surface area contributed by atoms with Gasteiger partial charge in [-0.05, 0) is 100 Å². The first-order chi connectivity index (χ1) is 21.9. The van der Waals surface area contributed by atoms with Crippen molar-refractivity contribution in [1.29, 1.82) is 0 Å². The topological polar surface area (TPSA) is 0 Å². The van der Waals surface area contributed by atoms with Crippen LogP contribution in [0.2, 0.25) is 0 Å². The summed E-state index contributed by atoms with van der Waals surface area (Å²) in [6.07, 6.45) is 6.88. The van der Waals surface area contributed by atoms with Crippen LogP contribution in [-0.2, 0) is 6.42 Å². The molecule has 8 aromatic rings. The molecule has 0 saturated carbocycles. The first kappa shape index (κ1) is 25.1. The normalized spacial score (nSPS) is 12.7. The van der Waals surface area contributed by atoms with E-state index in [1.54, 1.807) is 0 Å². The molecule has 0 heteroatoms. The molecule has 0 amide bonds. The summed E-state index contributed by atoms with van der Waals surface area (Å²) in [6, 6.07) is 53.9. The van der Waals surface area contributed by atoms with Crippen LogP contribution in [0.5, 0.6) is 0 Å². The number of aryl methyl sites for hydroxylation is 1. The van der Waals surface area contributed by atoms with E-state index in [2.05, 4.69) is 158 Å². The van der Waals surface area contributed by atoms with Crippen molar-refractivity contribution in [2.24, 2.45) is 0 Å². The highest BCUT2D eigenvalue weighted by Crippen LogP contribution is 2.47. The second-order valence-corrected chi connectivity index (χ2v) is 11.9. The first-order valence-corrected chi connectivity index (χ1v) is 15.6. The lowest BCUT2D eigenvalue weighted by Gasteiger charge is -2.21. The lowest BCUT2D eigenvalue weighted by Crippen LogP contribution is -1.96. The number of hydrogen-bond donors (Lipinski definition) is 0. The van der Waals surface area contributed by atoms with E-state index in [1.165, 1.54) is 87.6 Å². The second-order valence-electron chi connectivity index (χ2n) is 11.9. The zero-order valence-corrected chi connectivity index (χ0v) is 24.4. The van der Waals surface area contributed by atoms with E-state index in [4.69, 9.17) is 0 Å². The SMILES string of the molecule is C1=Cc2c(ccc3c(-c4c5ccccc5c(-c5ccc(-c6ccccc6)c6ccccc56)c5ccccc45)cccc23)CC1. The molecule has 0 aromatic heterocycles. The Morgan fingerprint density at radius 3 is 1.50 bits per heavy atom. The molecule has 1 aliphatic carbocycles. The molecule has 0 fully saturated rings. The molecule has 9 rings (SSSR count). The van der Waals surface area contributed by atoms with Gasteiger partial charge in [-0.15, -0.1) is 0 Å². The molecule has 1 aliphatic rings. The van der Waals surface area contributed by atoms with Crippen molar-refractivity contribution in [1.82, 2.24) is 0 Å². The van der Waals surface area contributed by atoms with Gasteiger partial charge >= 0.3 is 0 Å². The maximum absolute atomic E-state index is 2.36. The number of rotatable bonds is 3. The fourth-order valence-corrected chi connectivity index (χ4v) is 7.59. The summed E-state index contributed by atoms with van der Waals surface area (Å²) in [4.78, 5) is 0. The fourth-order valence-electron chi connectivity index (χ4n) is 7.59. The van der Waals surface area contributed by atoms with Gasteiger partial charge in [0.15, 0.2) is 0 Å². The van der Waals surface area contributed by atoms with E-state index in [-0.39, 0.29) is 0 Å². The van der Waals surface area contributed by atoms with E-state index in [1.807, 2.05) is 0 Å². The Kier molecular flexibility index (Phi) is 5.74. The van der Waals surface area contributed by atoms with Gasteiger partial charge in [-0.2, -0.15) is 0 Å². The van der Waals surface area contributed by atoms with Crippen molar-refractivity contribution in [3.8, 4) is 33.4 Å². The van der Waals surface area contributed by atoms with Gasteiger partial charge in [-0.3, -0.25) is 0 Å². The maximum Gasteiger partial charge on any atom is -0.00201 e. The minimum absolute atomic E-state index is 1.11. The molecule has 0 spiro atoms. The van der Waals surface area contributed by atoms with Crippen LogP contribution >= 0.6 is 0 Å². The lowest BCUT2D eigenvalue weighted by atomic mass is 9.82. The number of fused-ring (bicyclic) bond motifs is 6. The number of hydrogen-bond acceptors (Lipinski definition) is 0. The zero-order valence-electron chi connectivity index (χ0n) is 24.4. The van der Waals surface area contributed by atoms with E-state index >= 15 is 0 Å². The second kappa shape index (κ2) is 10.1. The molecule has 0 heterocycles. The van der Waals surface area contributed by atoms with Crippen LogP contribution < -0.4 is 0 Å². The molecule has 0 unspecified atom stereocenters. The minimum Gasteiger partial charge on any atom is -0.0836 e. The Balaban J connectivity index is 1.39. The van der Waals surface area contributed by atoms with E-state index in [9.17, 15) is 0 Å². The molecule has 0 aliphatic heterocycles. The van der Waals surface area contributed by atoms with Gasteiger partial charge in [0.25, 0.3) is 0 Å². The highest BCUT2D eigenvalue weighted by molar-refractivity contribution is 6.26. The average molecular weight is 559 g/mol. The molecule has 44 heavy (non-hydrogen) atoms. The molecule has 206 valence electrons. The Labute approximate surface area is 257 Å². The van der Waals surface area contributed by atoms with Crippen molar-refractivity contribution < 1.29 is 0 Å². The summed E-state index contributed by atoms with van der Waals surface area (Å²) in [5.41, 5.74) is 10.5. The third kappa shape index (κ3) is 3.78. The van der Waals surface area contributed by atoms with Gasteiger partial charge in [-0.1, -0.05) is 158 Å². The summed E-state index contributed by atoms with van der Waals surface area (Å²) in [5.74, 6) is 0. The number of allylic oxidation sites excluding steroid dienone is 1. The van der Waals surface area contributed by atoms with Gasteiger partial charge < -0.3 is 0 Å². The highest BCUT2D eigenvalue weighted by Gasteiger charge is 2.20. The number of benzene rings is 8. The van der Waals surface area contributed by atoms with Crippen LogP contribution in [-0.4, -0.2) is 0 Å². The van der Waals surface area contributed by atoms with Crippen molar-refractivity contribution in [2.45, 2.75) is 12.8 Å². The van der Waals surface area contributed by atoms with Crippen LogP contribution in [0, 0.1) is 0 Å². The lowest BCUT2D eigenvalue weighted by molar-refractivity contribution is 0.990. The van der Waals surface area contributed by atoms with E-state index in [0.717, 1.165) is 12.8 Å². The van der Waals surface area contributed by atoms with Crippen molar-refractivity contribution in [3.63, 3.8) is 0 Å². The molecule has 8 aromatic carbocycles. The van der Waals surface area contributed by atoms with Crippen molar-refractivity contribution >= 4 is 49.2 Å². The van der Waals surface area contributed by atoms with Crippen LogP contribution in [0.15, 0.2) is 152 Å². The first-order valence-electron chi connectivity index (χ1n) is 15.6. The largest absolute Gasteiger partial charge is 0.0836 e. The van der Waals surface area contributed by atoms with Crippen molar-refractivity contribution in [3.05, 3.63) is 163 Å². The summed E-state index contributed by atoms with van der Waals surface area (Å²) in [5, 5.41) is 10.4. The fraction of sp³-hybridized carbons (Fsp3) is 0.0455. The summed E-state index contributed by atoms with van der Waals surface area (Å²) in [7, 11) is 0. The molecule has 0 radical (unpaired) electrons. The minimum atomic E-state index is 1.11. The Morgan fingerprint density at radius 2 is 0.841 bits per heavy atom. The van der Waals surface area contributed by atoms with E-state index in [0.29, 0.717) is 0 Å². The molecular formula is C44H30. The molecule has 0 saturated heterocycles. The Morgan fingerprint density at radius 1 is 0.341 bits per heavy atom. The van der Waals surface area contributed by atoms with Crippen LogP contribution in [0.1, 0.15) is 17.5 Å². The molecule has 0 bridgehead atoms. The van der Waals surface area contributed by atoms with Crippen LogP contribution in [0.25, 0.3) is 82.5 Å². The van der Waals surface area contributed by atoms with Gasteiger partial charge in [0, 0.05) is 0 Å². The van der Waals surface area contributed by atoms with E-state index < -0.39 is 0 Å². The standard InChI is InChI=1S/C44H30/c1-2-13-29(14-3-1)32-27-28-42(35-18-7-6-17-33(32)35)44-40-21-10-8-19-38(40)43(39-20-9-11-22-41(39)44)37-24-12-23-34-31-16-5-4-15-30(31)25-26-36(34)37/h1-3,5-14,16-28H,4,15H2. The Hall–Kier alpha value is -5.46. The monoisotopic (exact) mass is 558 g/mol. The van der Waals surface area contributed by atoms with Gasteiger partial charge in [0.1, 0.15) is 0 Å². The maximum atomic E-state index is 2.36. The van der Waals surface area contributed by atoms with Crippen molar-refractivity contribution in [2.75, 3.05) is 0 Å². The van der Waals surface area contributed by atoms with Crippen LogP contribution in [0.3, 0.4) is 0 Å². The smallest absolute Gasteiger partial charge is 0.00201 e. The predicted octanol–water partition coefficient (Wildman–Crippen LogP) is 12.3. The third-order valence-corrected chi connectivity index (χ3v) is 9.54. The molecule has 0 nitrogen and oxygen atoms in total. The molecular weight excluding hydrogens is 528 g/mol. The quantitative estimate of drug-likeness (QED) is 0.189.